The van der Waals surface area contributed by atoms with Crippen molar-refractivity contribution in [2.45, 2.75) is 39.7 Å². The number of piperidine rings is 1. The van der Waals surface area contributed by atoms with Crippen molar-refractivity contribution in [3.63, 3.8) is 0 Å². The molecule has 1 rings (SSSR count). The summed E-state index contributed by atoms with van der Waals surface area (Å²) < 4.78 is 0. The first kappa shape index (κ1) is 13.3. The quantitative estimate of drug-likeness (QED) is 0.556. The van der Waals surface area contributed by atoms with Gasteiger partial charge < -0.3 is 16.0 Å². The van der Waals surface area contributed by atoms with E-state index >= 15 is 0 Å². The van der Waals surface area contributed by atoms with E-state index < -0.39 is 0 Å². The molecule has 1 heterocycles. The second-order valence-corrected chi connectivity index (χ2v) is 4.97. The third-order valence-corrected chi connectivity index (χ3v) is 3.01. The molecule has 0 unspecified atom stereocenters. The number of guanidine groups is 1. The zero-order chi connectivity index (χ0) is 12.0. The van der Waals surface area contributed by atoms with Crippen LogP contribution in [-0.4, -0.2) is 43.1 Å². The van der Waals surface area contributed by atoms with Crippen LogP contribution in [0.25, 0.3) is 0 Å². The third kappa shape index (κ3) is 4.84. The molecule has 0 aromatic carbocycles. The summed E-state index contributed by atoms with van der Waals surface area (Å²) in [6, 6.07) is 0.513. The first-order valence-electron chi connectivity index (χ1n) is 6.40. The van der Waals surface area contributed by atoms with E-state index in [0.717, 1.165) is 13.1 Å². The van der Waals surface area contributed by atoms with Gasteiger partial charge in [0, 0.05) is 25.7 Å². The molecule has 1 fully saturated rings. The van der Waals surface area contributed by atoms with Crippen LogP contribution in [0.2, 0.25) is 0 Å². The number of hydrogen-bond acceptors (Lipinski definition) is 2. The van der Waals surface area contributed by atoms with E-state index in [1.807, 2.05) is 0 Å². The number of nitrogens with two attached hydrogens (primary N) is 1. The maximum absolute atomic E-state index is 5.85. The van der Waals surface area contributed by atoms with Crippen molar-refractivity contribution in [1.29, 1.82) is 0 Å². The normalized spacial score (nSPS) is 20.4. The van der Waals surface area contributed by atoms with Crippen molar-refractivity contribution in [2.24, 2.45) is 16.6 Å². The Kier molecular flexibility index (Phi) is 5.60. The number of aliphatic imine (C=N–C) groups is 1. The lowest BCUT2D eigenvalue weighted by molar-refractivity contribution is 0.215. The molecule has 3 N–H and O–H groups in total. The Morgan fingerprint density at radius 3 is 2.56 bits per heavy atom. The van der Waals surface area contributed by atoms with Crippen molar-refractivity contribution in [2.75, 3.05) is 26.2 Å². The molecule has 0 saturated carbocycles. The summed E-state index contributed by atoms with van der Waals surface area (Å²) in [7, 11) is 0. The van der Waals surface area contributed by atoms with Gasteiger partial charge in [0.2, 0.25) is 0 Å². The highest BCUT2D eigenvalue weighted by atomic mass is 15.2. The van der Waals surface area contributed by atoms with Crippen LogP contribution in [0.4, 0.5) is 0 Å². The van der Waals surface area contributed by atoms with Crippen LogP contribution in [0.5, 0.6) is 0 Å². The SMILES string of the molecule is CCN1CCC(NC(N)=NCC(C)C)CC1. The van der Waals surface area contributed by atoms with Gasteiger partial charge >= 0.3 is 0 Å². The molecular formula is C12H26N4. The summed E-state index contributed by atoms with van der Waals surface area (Å²) in [5, 5.41) is 3.32. The Hall–Kier alpha value is -0.770. The molecule has 0 spiro atoms. The highest BCUT2D eigenvalue weighted by molar-refractivity contribution is 5.78. The molecule has 4 nitrogen and oxygen atoms in total. The van der Waals surface area contributed by atoms with Crippen LogP contribution >= 0.6 is 0 Å². The predicted octanol–water partition coefficient (Wildman–Crippen LogP) is 1.03. The van der Waals surface area contributed by atoms with Crippen LogP contribution in [0.15, 0.2) is 4.99 Å². The molecule has 16 heavy (non-hydrogen) atoms. The number of rotatable bonds is 4. The standard InChI is InChI=1S/C12H26N4/c1-4-16-7-5-11(6-8-16)15-12(13)14-9-10(2)3/h10-11H,4-9H2,1-3H3,(H3,13,14,15). The van der Waals surface area contributed by atoms with Crippen molar-refractivity contribution in [3.8, 4) is 0 Å². The Morgan fingerprint density at radius 2 is 2.06 bits per heavy atom. The van der Waals surface area contributed by atoms with Crippen LogP contribution in [0, 0.1) is 5.92 Å². The van der Waals surface area contributed by atoms with Crippen LogP contribution < -0.4 is 11.1 Å². The molecule has 0 atom stereocenters. The second-order valence-electron chi connectivity index (χ2n) is 4.97. The molecule has 1 aliphatic rings. The van der Waals surface area contributed by atoms with Gasteiger partial charge in [-0.15, -0.1) is 0 Å². The van der Waals surface area contributed by atoms with Gasteiger partial charge in [0.15, 0.2) is 5.96 Å². The van der Waals surface area contributed by atoms with Gasteiger partial charge in [-0.3, -0.25) is 4.99 Å². The van der Waals surface area contributed by atoms with Gasteiger partial charge in [-0.2, -0.15) is 0 Å². The lowest BCUT2D eigenvalue weighted by Gasteiger charge is -2.31. The first-order valence-corrected chi connectivity index (χ1v) is 6.40. The number of likely N-dealkylation sites (tertiary alicyclic amines) is 1. The van der Waals surface area contributed by atoms with Crippen LogP contribution in [0.3, 0.4) is 0 Å². The van der Waals surface area contributed by atoms with E-state index in [0.29, 0.717) is 17.9 Å². The van der Waals surface area contributed by atoms with Gasteiger partial charge in [0.25, 0.3) is 0 Å². The smallest absolute Gasteiger partial charge is 0.188 e. The fourth-order valence-electron chi connectivity index (χ4n) is 1.93. The minimum Gasteiger partial charge on any atom is -0.370 e. The average Bonchev–Trinajstić information content (AvgIpc) is 2.27. The second kappa shape index (κ2) is 6.74. The topological polar surface area (TPSA) is 53.6 Å². The van der Waals surface area contributed by atoms with Gasteiger partial charge in [0.1, 0.15) is 0 Å². The molecule has 0 radical (unpaired) electrons. The van der Waals surface area contributed by atoms with Gasteiger partial charge in [-0.25, -0.2) is 0 Å². The lowest BCUT2D eigenvalue weighted by Crippen LogP contribution is -2.47. The summed E-state index contributed by atoms with van der Waals surface area (Å²) in [6.07, 6.45) is 2.34. The third-order valence-electron chi connectivity index (χ3n) is 3.01. The lowest BCUT2D eigenvalue weighted by atomic mass is 10.1. The number of nitrogens with zero attached hydrogens (tertiary/aromatic N) is 2. The summed E-state index contributed by atoms with van der Waals surface area (Å²) >= 11 is 0. The molecule has 4 heteroatoms. The average molecular weight is 226 g/mol. The first-order chi connectivity index (χ1) is 7.61. The maximum Gasteiger partial charge on any atom is 0.188 e. The van der Waals surface area contributed by atoms with Crippen molar-refractivity contribution >= 4 is 5.96 Å². The van der Waals surface area contributed by atoms with Gasteiger partial charge in [-0.05, 0) is 25.3 Å². The van der Waals surface area contributed by atoms with E-state index in [9.17, 15) is 0 Å². The molecule has 1 aliphatic heterocycles. The highest BCUT2D eigenvalue weighted by Gasteiger charge is 2.17. The summed E-state index contributed by atoms with van der Waals surface area (Å²) in [4.78, 5) is 6.80. The molecule has 0 aromatic heterocycles. The van der Waals surface area contributed by atoms with Crippen molar-refractivity contribution < 1.29 is 0 Å². The minimum atomic E-state index is 0.513. The van der Waals surface area contributed by atoms with Crippen molar-refractivity contribution in [3.05, 3.63) is 0 Å². The van der Waals surface area contributed by atoms with Gasteiger partial charge in [0.05, 0.1) is 0 Å². The maximum atomic E-state index is 5.85. The fourth-order valence-corrected chi connectivity index (χ4v) is 1.93. The summed E-state index contributed by atoms with van der Waals surface area (Å²) in [5.74, 6) is 1.19. The number of nitrogens with one attached hydrogen (secondary N) is 1. The van der Waals surface area contributed by atoms with Crippen molar-refractivity contribution in [1.82, 2.24) is 10.2 Å². The summed E-state index contributed by atoms with van der Waals surface area (Å²) in [5.41, 5.74) is 5.85. The Morgan fingerprint density at radius 1 is 1.44 bits per heavy atom. The molecule has 0 aliphatic carbocycles. The monoisotopic (exact) mass is 226 g/mol. The molecule has 0 aromatic rings. The van der Waals surface area contributed by atoms with E-state index in [-0.39, 0.29) is 0 Å². The van der Waals surface area contributed by atoms with E-state index in [1.54, 1.807) is 0 Å². The van der Waals surface area contributed by atoms with Crippen LogP contribution in [-0.2, 0) is 0 Å². The molecule has 0 amide bonds. The van der Waals surface area contributed by atoms with E-state index in [4.69, 9.17) is 5.73 Å². The van der Waals surface area contributed by atoms with E-state index in [1.165, 1.54) is 25.9 Å². The highest BCUT2D eigenvalue weighted by Crippen LogP contribution is 2.09. The fraction of sp³-hybridized carbons (Fsp3) is 0.917. The van der Waals surface area contributed by atoms with E-state index in [2.05, 4.69) is 36.0 Å². The minimum absolute atomic E-state index is 0.513. The zero-order valence-electron chi connectivity index (χ0n) is 10.9. The van der Waals surface area contributed by atoms with Gasteiger partial charge in [-0.1, -0.05) is 20.8 Å². The summed E-state index contributed by atoms with van der Waals surface area (Å²) in [6.45, 7) is 10.8. The van der Waals surface area contributed by atoms with Crippen LogP contribution in [0.1, 0.15) is 33.6 Å². The largest absolute Gasteiger partial charge is 0.370 e. The Balaban J connectivity index is 2.25. The number of hydrogen-bond donors (Lipinski definition) is 2. The Labute approximate surface area is 99.3 Å². The molecule has 94 valence electrons. The zero-order valence-corrected chi connectivity index (χ0v) is 10.9. The molecular weight excluding hydrogens is 200 g/mol. The predicted molar refractivity (Wildman–Crippen MR) is 69.6 cm³/mol. The molecule has 1 saturated heterocycles. The molecule has 0 bridgehead atoms. The Bertz CT molecular complexity index is 217.